The Kier molecular flexibility index (Phi) is 1.43. The molecule has 0 bridgehead atoms. The zero-order valence-corrected chi connectivity index (χ0v) is 6.97. The van der Waals surface area contributed by atoms with Crippen LogP contribution in [0.3, 0.4) is 0 Å². The summed E-state index contributed by atoms with van der Waals surface area (Å²) in [5, 5.41) is 1.92. The first-order valence-corrected chi connectivity index (χ1v) is 3.59. The third-order valence-electron chi connectivity index (χ3n) is 1.64. The Morgan fingerprint density at radius 3 is 2.92 bits per heavy atom. The van der Waals surface area contributed by atoms with E-state index in [2.05, 4.69) is 15.0 Å². The maximum Gasteiger partial charge on any atom is 0.182 e. The zero-order valence-electron chi connectivity index (χ0n) is 6.97. The fourth-order valence-electron chi connectivity index (χ4n) is 1.07. The van der Waals surface area contributed by atoms with Crippen LogP contribution in [-0.2, 0) is 0 Å². The van der Waals surface area contributed by atoms with Gasteiger partial charge in [-0.15, -0.1) is 0 Å². The molecule has 2 heterocycles. The molecule has 0 saturated heterocycles. The molecule has 0 aromatic carbocycles. The van der Waals surface area contributed by atoms with Gasteiger partial charge in [-0.1, -0.05) is 0 Å². The van der Waals surface area contributed by atoms with Crippen LogP contribution in [0.5, 0.6) is 0 Å². The second-order valence-electron chi connectivity index (χ2n) is 2.67. The van der Waals surface area contributed by atoms with Gasteiger partial charge in [0.05, 0.1) is 6.20 Å². The summed E-state index contributed by atoms with van der Waals surface area (Å²) in [5.74, 6) is 0. The van der Waals surface area contributed by atoms with Crippen LogP contribution in [0, 0.1) is 0 Å². The number of hydrogen-bond acceptors (Lipinski definition) is 4. The monoisotopic (exact) mass is 163 g/mol. The van der Waals surface area contributed by atoms with Crippen molar-refractivity contribution in [3.8, 4) is 0 Å². The summed E-state index contributed by atoms with van der Waals surface area (Å²) in [5.41, 5.74) is 1.64. The molecule has 0 unspecified atom stereocenters. The molecule has 0 saturated carbocycles. The molecule has 0 aliphatic heterocycles. The van der Waals surface area contributed by atoms with Crippen LogP contribution >= 0.6 is 0 Å². The molecule has 0 atom stereocenters. The molecule has 12 heavy (non-hydrogen) atoms. The van der Waals surface area contributed by atoms with E-state index in [1.807, 2.05) is 23.8 Å². The predicted molar refractivity (Wildman–Crippen MR) is 45.4 cm³/mol. The van der Waals surface area contributed by atoms with Crippen LogP contribution in [0.1, 0.15) is 0 Å². The van der Waals surface area contributed by atoms with Crippen LogP contribution in [0.4, 0.5) is 0 Å². The second-order valence-corrected chi connectivity index (χ2v) is 2.67. The summed E-state index contributed by atoms with van der Waals surface area (Å²) in [6.45, 7) is 0. The average molecular weight is 163 g/mol. The maximum absolute atomic E-state index is 4.11. The number of fused-ring (bicyclic) bond motifs is 1. The van der Waals surface area contributed by atoms with Crippen molar-refractivity contribution in [2.24, 2.45) is 0 Å². The van der Waals surface area contributed by atoms with Gasteiger partial charge >= 0.3 is 0 Å². The highest BCUT2D eigenvalue weighted by molar-refractivity contribution is 5.69. The van der Waals surface area contributed by atoms with Gasteiger partial charge in [0.1, 0.15) is 18.2 Å². The smallest absolute Gasteiger partial charge is 0.182 e. The number of imidazole rings is 1. The molecule has 2 aromatic rings. The highest BCUT2D eigenvalue weighted by atomic mass is 15.5. The molecule has 2 rings (SSSR count). The van der Waals surface area contributed by atoms with Crippen LogP contribution in [0.15, 0.2) is 18.9 Å². The number of hydrogen-bond donors (Lipinski definition) is 0. The van der Waals surface area contributed by atoms with E-state index in [4.69, 9.17) is 0 Å². The van der Waals surface area contributed by atoms with Crippen molar-refractivity contribution in [1.82, 2.24) is 19.6 Å². The van der Waals surface area contributed by atoms with E-state index in [0.29, 0.717) is 0 Å². The molecular weight excluding hydrogens is 154 g/mol. The molecule has 0 amide bonds. The number of nitrogens with zero attached hydrogens (tertiary/aromatic N) is 5. The van der Waals surface area contributed by atoms with Crippen LogP contribution in [0.2, 0.25) is 0 Å². The Balaban J connectivity index is 2.70. The molecule has 0 aliphatic rings. The van der Waals surface area contributed by atoms with Crippen molar-refractivity contribution >= 4 is 11.2 Å². The fraction of sp³-hybridized carbons (Fsp3) is 0.286. The van der Waals surface area contributed by atoms with E-state index in [-0.39, 0.29) is 0 Å². The lowest BCUT2D eigenvalue weighted by Gasteiger charge is -2.13. The fourth-order valence-corrected chi connectivity index (χ4v) is 1.07. The summed E-state index contributed by atoms with van der Waals surface area (Å²) in [6.07, 6.45) is 4.96. The minimum Gasteiger partial charge on any atom is -0.317 e. The first-order chi connectivity index (χ1) is 5.79. The Morgan fingerprint density at radius 1 is 1.33 bits per heavy atom. The Bertz CT molecular complexity index is 391. The molecule has 5 nitrogen and oxygen atoms in total. The normalized spacial score (nSPS) is 10.5. The summed E-state index contributed by atoms with van der Waals surface area (Å²) in [4.78, 5) is 12.1. The largest absolute Gasteiger partial charge is 0.317 e. The van der Waals surface area contributed by atoms with Gasteiger partial charge in [0, 0.05) is 14.1 Å². The lowest BCUT2D eigenvalue weighted by atomic mass is 10.6. The SMILES string of the molecule is CN(C)n1cnc2ncncc21. The van der Waals surface area contributed by atoms with Crippen molar-refractivity contribution in [2.45, 2.75) is 0 Å². The van der Waals surface area contributed by atoms with E-state index in [1.165, 1.54) is 6.33 Å². The van der Waals surface area contributed by atoms with E-state index < -0.39 is 0 Å². The summed E-state index contributed by atoms with van der Waals surface area (Å²) in [6, 6.07) is 0. The molecule has 0 radical (unpaired) electrons. The van der Waals surface area contributed by atoms with Crippen molar-refractivity contribution in [1.29, 1.82) is 0 Å². The molecule has 5 heteroatoms. The third-order valence-corrected chi connectivity index (χ3v) is 1.64. The van der Waals surface area contributed by atoms with E-state index in [0.717, 1.165) is 11.2 Å². The molecule has 2 aromatic heterocycles. The zero-order chi connectivity index (χ0) is 8.55. The van der Waals surface area contributed by atoms with Crippen LogP contribution in [0.25, 0.3) is 11.2 Å². The van der Waals surface area contributed by atoms with Crippen molar-refractivity contribution in [3.05, 3.63) is 18.9 Å². The van der Waals surface area contributed by atoms with Gasteiger partial charge in [0.2, 0.25) is 0 Å². The molecule has 0 N–H and O–H groups in total. The quantitative estimate of drug-likeness (QED) is 0.594. The summed E-state index contributed by atoms with van der Waals surface area (Å²) >= 11 is 0. The standard InChI is InChI=1S/C7H9N5/c1-11(2)12-5-10-7-6(12)3-8-4-9-7/h3-5H,1-2H3. The van der Waals surface area contributed by atoms with Gasteiger partial charge in [-0.05, 0) is 0 Å². The van der Waals surface area contributed by atoms with Gasteiger partial charge in [0.25, 0.3) is 0 Å². The molecule has 0 fully saturated rings. The third kappa shape index (κ3) is 0.903. The summed E-state index contributed by atoms with van der Waals surface area (Å²) < 4.78 is 1.88. The van der Waals surface area contributed by atoms with Gasteiger partial charge in [-0.25, -0.2) is 19.6 Å². The van der Waals surface area contributed by atoms with Gasteiger partial charge < -0.3 is 5.01 Å². The minimum absolute atomic E-state index is 0.721. The van der Waals surface area contributed by atoms with Crippen molar-refractivity contribution < 1.29 is 0 Å². The maximum atomic E-state index is 4.11. The second kappa shape index (κ2) is 2.44. The Hall–Kier alpha value is -1.65. The van der Waals surface area contributed by atoms with E-state index >= 15 is 0 Å². The number of rotatable bonds is 1. The van der Waals surface area contributed by atoms with Crippen molar-refractivity contribution in [3.63, 3.8) is 0 Å². The lowest BCUT2D eigenvalue weighted by molar-refractivity contribution is 0.752. The molecular formula is C7H9N5. The molecule has 0 aliphatic carbocycles. The first-order valence-electron chi connectivity index (χ1n) is 3.59. The average Bonchev–Trinajstić information content (AvgIpc) is 2.47. The Labute approximate surface area is 69.7 Å². The predicted octanol–water partition coefficient (Wildman–Crippen LogP) is 0.0239. The molecule has 0 spiro atoms. The van der Waals surface area contributed by atoms with Crippen LogP contribution < -0.4 is 5.01 Å². The highest BCUT2D eigenvalue weighted by Gasteiger charge is 2.02. The van der Waals surface area contributed by atoms with Crippen molar-refractivity contribution in [2.75, 3.05) is 19.1 Å². The molecule has 62 valence electrons. The minimum atomic E-state index is 0.721. The number of aromatic nitrogens is 4. The van der Waals surface area contributed by atoms with Crippen LogP contribution in [-0.4, -0.2) is 33.7 Å². The van der Waals surface area contributed by atoms with E-state index in [1.54, 1.807) is 12.5 Å². The van der Waals surface area contributed by atoms with Gasteiger partial charge in [-0.2, -0.15) is 0 Å². The van der Waals surface area contributed by atoms with Gasteiger partial charge in [0.15, 0.2) is 5.65 Å². The summed E-state index contributed by atoms with van der Waals surface area (Å²) in [7, 11) is 3.88. The highest BCUT2D eigenvalue weighted by Crippen LogP contribution is 2.05. The topological polar surface area (TPSA) is 46.8 Å². The van der Waals surface area contributed by atoms with Gasteiger partial charge in [-0.3, -0.25) is 0 Å². The first kappa shape index (κ1) is 7.02. The Morgan fingerprint density at radius 2 is 2.17 bits per heavy atom. The lowest BCUT2D eigenvalue weighted by Crippen LogP contribution is -2.23. The van der Waals surface area contributed by atoms with E-state index in [9.17, 15) is 0 Å².